The molecule has 0 aliphatic heterocycles. The Labute approximate surface area is 121 Å². The summed E-state index contributed by atoms with van der Waals surface area (Å²) in [5.41, 5.74) is 2.44. The number of alkyl halides is 1. The van der Waals surface area contributed by atoms with Crippen molar-refractivity contribution in [2.45, 2.75) is 46.1 Å². The summed E-state index contributed by atoms with van der Waals surface area (Å²) < 4.78 is 0. The van der Waals surface area contributed by atoms with Gasteiger partial charge < -0.3 is 5.32 Å². The van der Waals surface area contributed by atoms with Crippen molar-refractivity contribution < 1.29 is 4.79 Å². The minimum atomic E-state index is 0.0897. The number of amides is 1. The van der Waals surface area contributed by atoms with Gasteiger partial charge in [0.2, 0.25) is 5.91 Å². The fraction of sp³-hybridized carbons (Fsp3) is 0.562. The Morgan fingerprint density at radius 3 is 2.42 bits per heavy atom. The van der Waals surface area contributed by atoms with Gasteiger partial charge in [-0.2, -0.15) is 0 Å². The third kappa shape index (κ3) is 6.63. The molecule has 1 unspecified atom stereocenters. The SMILES string of the molecule is Cc1ccc(CCC(=O)NC(CCl)CC(C)C)cc1. The summed E-state index contributed by atoms with van der Waals surface area (Å²) in [5, 5.41) is 3.01. The van der Waals surface area contributed by atoms with Gasteiger partial charge in [0.25, 0.3) is 0 Å². The summed E-state index contributed by atoms with van der Waals surface area (Å²) in [7, 11) is 0. The monoisotopic (exact) mass is 281 g/mol. The van der Waals surface area contributed by atoms with Crippen molar-refractivity contribution in [2.75, 3.05) is 5.88 Å². The summed E-state index contributed by atoms with van der Waals surface area (Å²) in [6.07, 6.45) is 2.23. The van der Waals surface area contributed by atoms with Crippen LogP contribution in [0.25, 0.3) is 0 Å². The van der Waals surface area contributed by atoms with Crippen molar-refractivity contribution in [1.29, 1.82) is 0 Å². The van der Waals surface area contributed by atoms with Crippen LogP contribution in [0.1, 0.15) is 37.8 Å². The van der Waals surface area contributed by atoms with Crippen LogP contribution in [0.3, 0.4) is 0 Å². The van der Waals surface area contributed by atoms with Crippen LogP contribution in [0.2, 0.25) is 0 Å². The maximum absolute atomic E-state index is 11.9. The molecule has 3 heteroatoms. The largest absolute Gasteiger partial charge is 0.352 e. The van der Waals surface area contributed by atoms with Crippen LogP contribution < -0.4 is 5.32 Å². The number of aryl methyl sites for hydroxylation is 2. The summed E-state index contributed by atoms with van der Waals surface area (Å²) in [4.78, 5) is 11.9. The molecule has 0 fully saturated rings. The lowest BCUT2D eigenvalue weighted by molar-refractivity contribution is -0.121. The normalized spacial score (nSPS) is 12.5. The maximum Gasteiger partial charge on any atom is 0.220 e. The zero-order valence-electron chi connectivity index (χ0n) is 12.1. The van der Waals surface area contributed by atoms with Crippen LogP contribution in [0.4, 0.5) is 0 Å². The first-order chi connectivity index (χ1) is 9.01. The smallest absolute Gasteiger partial charge is 0.220 e. The Morgan fingerprint density at radius 1 is 1.26 bits per heavy atom. The van der Waals surface area contributed by atoms with Gasteiger partial charge in [-0.05, 0) is 31.2 Å². The molecule has 0 saturated carbocycles. The lowest BCUT2D eigenvalue weighted by atomic mass is 10.0. The molecule has 0 bridgehead atoms. The number of carbonyl (C=O) groups excluding carboxylic acids is 1. The zero-order chi connectivity index (χ0) is 14.3. The average molecular weight is 282 g/mol. The van der Waals surface area contributed by atoms with Crippen LogP contribution in [-0.2, 0) is 11.2 Å². The van der Waals surface area contributed by atoms with E-state index in [1.807, 2.05) is 0 Å². The highest BCUT2D eigenvalue weighted by molar-refractivity contribution is 6.18. The van der Waals surface area contributed by atoms with Gasteiger partial charge in [-0.15, -0.1) is 11.6 Å². The topological polar surface area (TPSA) is 29.1 Å². The van der Waals surface area contributed by atoms with Crippen molar-refractivity contribution in [3.05, 3.63) is 35.4 Å². The number of carbonyl (C=O) groups is 1. The Morgan fingerprint density at radius 2 is 1.89 bits per heavy atom. The Hall–Kier alpha value is -1.02. The minimum Gasteiger partial charge on any atom is -0.352 e. The molecule has 106 valence electrons. The molecule has 1 aromatic rings. The van der Waals surface area contributed by atoms with Crippen molar-refractivity contribution in [3.8, 4) is 0 Å². The number of halogens is 1. The molecule has 0 aliphatic carbocycles. The highest BCUT2D eigenvalue weighted by Crippen LogP contribution is 2.08. The summed E-state index contributed by atoms with van der Waals surface area (Å²) in [5.74, 6) is 1.11. The van der Waals surface area contributed by atoms with E-state index in [-0.39, 0.29) is 11.9 Å². The van der Waals surface area contributed by atoms with E-state index in [1.165, 1.54) is 11.1 Å². The molecule has 19 heavy (non-hydrogen) atoms. The number of hydrogen-bond donors (Lipinski definition) is 1. The molecule has 1 N–H and O–H groups in total. The van der Waals surface area contributed by atoms with E-state index in [2.05, 4.69) is 50.4 Å². The van der Waals surface area contributed by atoms with Gasteiger partial charge in [0.15, 0.2) is 0 Å². The average Bonchev–Trinajstić information content (AvgIpc) is 2.36. The van der Waals surface area contributed by atoms with Crippen molar-refractivity contribution in [1.82, 2.24) is 5.32 Å². The Bertz CT molecular complexity index is 386. The molecule has 0 spiro atoms. The predicted octanol–water partition coefficient (Wildman–Crippen LogP) is 3.70. The molecule has 0 saturated heterocycles. The van der Waals surface area contributed by atoms with Gasteiger partial charge in [-0.25, -0.2) is 0 Å². The summed E-state index contributed by atoms with van der Waals surface area (Å²) in [6, 6.07) is 8.40. The van der Waals surface area contributed by atoms with Crippen molar-refractivity contribution in [3.63, 3.8) is 0 Å². The van der Waals surface area contributed by atoms with Gasteiger partial charge in [0.1, 0.15) is 0 Å². The van der Waals surface area contributed by atoms with Gasteiger partial charge >= 0.3 is 0 Å². The van der Waals surface area contributed by atoms with E-state index < -0.39 is 0 Å². The second kappa shape index (κ2) is 8.21. The van der Waals surface area contributed by atoms with Gasteiger partial charge in [-0.3, -0.25) is 4.79 Å². The Balaban J connectivity index is 2.36. The zero-order valence-corrected chi connectivity index (χ0v) is 12.8. The third-order valence-electron chi connectivity index (χ3n) is 3.07. The van der Waals surface area contributed by atoms with Crippen LogP contribution in [-0.4, -0.2) is 17.8 Å². The number of rotatable bonds is 7. The fourth-order valence-corrected chi connectivity index (χ4v) is 2.25. The predicted molar refractivity (Wildman–Crippen MR) is 81.6 cm³/mol. The molecule has 0 aliphatic rings. The number of nitrogens with one attached hydrogen (secondary N) is 1. The first kappa shape index (κ1) is 16.0. The van der Waals surface area contributed by atoms with Crippen molar-refractivity contribution >= 4 is 17.5 Å². The van der Waals surface area contributed by atoms with E-state index in [0.717, 1.165) is 12.8 Å². The molecule has 1 amide bonds. The maximum atomic E-state index is 11.9. The molecular weight excluding hydrogens is 258 g/mol. The molecule has 0 aromatic heterocycles. The number of hydrogen-bond acceptors (Lipinski definition) is 1. The quantitative estimate of drug-likeness (QED) is 0.759. The second-order valence-corrected chi connectivity index (χ2v) is 5.84. The highest BCUT2D eigenvalue weighted by Gasteiger charge is 2.12. The first-order valence-corrected chi connectivity index (χ1v) is 7.45. The van der Waals surface area contributed by atoms with E-state index >= 15 is 0 Å². The highest BCUT2D eigenvalue weighted by atomic mass is 35.5. The van der Waals surface area contributed by atoms with Crippen LogP contribution in [0.15, 0.2) is 24.3 Å². The molecule has 0 radical (unpaired) electrons. The molecule has 1 atom stereocenters. The van der Waals surface area contributed by atoms with E-state index in [1.54, 1.807) is 0 Å². The fourth-order valence-electron chi connectivity index (χ4n) is 2.04. The first-order valence-electron chi connectivity index (χ1n) is 6.92. The van der Waals surface area contributed by atoms with Crippen LogP contribution in [0.5, 0.6) is 0 Å². The van der Waals surface area contributed by atoms with Crippen molar-refractivity contribution in [2.24, 2.45) is 5.92 Å². The Kier molecular flexibility index (Phi) is 6.93. The lowest BCUT2D eigenvalue weighted by Crippen LogP contribution is -2.37. The molecule has 1 aromatic carbocycles. The van der Waals surface area contributed by atoms with Crippen LogP contribution >= 0.6 is 11.6 Å². The van der Waals surface area contributed by atoms with Crippen LogP contribution in [0, 0.1) is 12.8 Å². The van der Waals surface area contributed by atoms with E-state index in [0.29, 0.717) is 18.2 Å². The summed E-state index contributed by atoms with van der Waals surface area (Å²) >= 11 is 5.88. The van der Waals surface area contributed by atoms with Gasteiger partial charge in [-0.1, -0.05) is 43.7 Å². The lowest BCUT2D eigenvalue weighted by Gasteiger charge is -2.18. The molecular formula is C16H24ClNO. The molecule has 2 nitrogen and oxygen atoms in total. The minimum absolute atomic E-state index is 0.0897. The van der Waals surface area contributed by atoms with Gasteiger partial charge in [0, 0.05) is 18.3 Å². The molecule has 1 rings (SSSR count). The number of benzene rings is 1. The van der Waals surface area contributed by atoms with E-state index in [4.69, 9.17) is 11.6 Å². The standard InChI is InChI=1S/C16H24ClNO/c1-12(2)10-15(11-17)18-16(19)9-8-14-6-4-13(3)5-7-14/h4-7,12,15H,8-11H2,1-3H3,(H,18,19). The summed E-state index contributed by atoms with van der Waals surface area (Å²) in [6.45, 7) is 6.34. The van der Waals surface area contributed by atoms with E-state index in [9.17, 15) is 4.79 Å². The van der Waals surface area contributed by atoms with Gasteiger partial charge in [0.05, 0.1) is 0 Å². The molecule has 0 heterocycles. The second-order valence-electron chi connectivity index (χ2n) is 5.53. The third-order valence-corrected chi connectivity index (χ3v) is 3.44.